The lowest BCUT2D eigenvalue weighted by Crippen LogP contribution is -2.23. The van der Waals surface area contributed by atoms with Gasteiger partial charge in [-0.15, -0.1) is 11.3 Å². The molecule has 0 aliphatic heterocycles. The number of nitrogen functional groups attached to an aromatic ring is 1. The summed E-state index contributed by atoms with van der Waals surface area (Å²) < 4.78 is 28.7. The summed E-state index contributed by atoms with van der Waals surface area (Å²) in [5, 5.41) is 17.4. The molecule has 4 aromatic rings. The van der Waals surface area contributed by atoms with Gasteiger partial charge in [0.1, 0.15) is 29.1 Å². The molecule has 0 aliphatic carbocycles. The van der Waals surface area contributed by atoms with Crippen LogP contribution in [0.25, 0.3) is 15.8 Å². The topological polar surface area (TPSA) is 96.7 Å². The number of anilines is 1. The highest BCUT2D eigenvalue weighted by atomic mass is 32.1. The SMILES string of the molecule is N#Cc1c(CCCNC(=O)c2cc3cc(F)ccc3s2)nn(-c2ccc(F)cc2)c1N. The third-order valence-corrected chi connectivity index (χ3v) is 5.87. The van der Waals surface area contributed by atoms with E-state index in [1.165, 1.54) is 52.4 Å². The Morgan fingerprint density at radius 3 is 2.65 bits per heavy atom. The van der Waals surface area contributed by atoms with Crippen molar-refractivity contribution in [3.8, 4) is 11.8 Å². The van der Waals surface area contributed by atoms with E-state index in [0.717, 1.165) is 4.70 Å². The van der Waals surface area contributed by atoms with Crippen LogP contribution in [-0.4, -0.2) is 22.2 Å². The number of hydrogen-bond acceptors (Lipinski definition) is 5. The normalized spacial score (nSPS) is 10.9. The van der Waals surface area contributed by atoms with E-state index in [1.807, 2.05) is 0 Å². The van der Waals surface area contributed by atoms with E-state index in [4.69, 9.17) is 5.73 Å². The molecule has 0 atom stereocenters. The van der Waals surface area contributed by atoms with Gasteiger partial charge in [-0.3, -0.25) is 4.79 Å². The molecule has 2 aromatic carbocycles. The summed E-state index contributed by atoms with van der Waals surface area (Å²) >= 11 is 1.30. The molecule has 1 amide bonds. The summed E-state index contributed by atoms with van der Waals surface area (Å²) in [6.45, 7) is 0.371. The molecule has 0 saturated carbocycles. The highest BCUT2D eigenvalue weighted by Crippen LogP contribution is 2.26. The van der Waals surface area contributed by atoms with Crippen LogP contribution in [0.1, 0.15) is 27.3 Å². The third-order valence-electron chi connectivity index (χ3n) is 4.75. The lowest BCUT2D eigenvalue weighted by Gasteiger charge is -2.03. The minimum Gasteiger partial charge on any atom is -0.382 e. The number of thiophene rings is 1. The van der Waals surface area contributed by atoms with Gasteiger partial charge in [0.2, 0.25) is 0 Å². The second-order valence-electron chi connectivity index (χ2n) is 6.86. The van der Waals surface area contributed by atoms with Crippen LogP contribution < -0.4 is 11.1 Å². The Morgan fingerprint density at radius 2 is 1.90 bits per heavy atom. The van der Waals surface area contributed by atoms with E-state index in [-0.39, 0.29) is 28.9 Å². The number of nitrogens with zero attached hydrogens (tertiary/aromatic N) is 3. The first kappa shape index (κ1) is 20.5. The predicted octanol–water partition coefficient (Wildman–Crippen LogP) is 4.18. The van der Waals surface area contributed by atoms with Crippen LogP contribution in [0.4, 0.5) is 14.6 Å². The van der Waals surface area contributed by atoms with Crippen molar-refractivity contribution in [2.24, 2.45) is 0 Å². The lowest BCUT2D eigenvalue weighted by molar-refractivity contribution is 0.0957. The first-order valence-corrected chi connectivity index (χ1v) is 10.3. The Kier molecular flexibility index (Phi) is 5.64. The van der Waals surface area contributed by atoms with E-state index in [9.17, 15) is 18.8 Å². The number of nitrogens with two attached hydrogens (primary N) is 1. The van der Waals surface area contributed by atoms with Crippen molar-refractivity contribution in [3.05, 3.63) is 76.3 Å². The van der Waals surface area contributed by atoms with Gasteiger partial charge in [-0.05, 0) is 66.8 Å². The number of fused-ring (bicyclic) bond motifs is 1. The quantitative estimate of drug-likeness (QED) is 0.442. The number of amides is 1. The van der Waals surface area contributed by atoms with E-state index in [0.29, 0.717) is 41.0 Å². The molecule has 0 bridgehead atoms. The highest BCUT2D eigenvalue weighted by Gasteiger charge is 2.17. The van der Waals surface area contributed by atoms with Crippen molar-refractivity contribution in [1.82, 2.24) is 15.1 Å². The second kappa shape index (κ2) is 8.53. The maximum Gasteiger partial charge on any atom is 0.261 e. The van der Waals surface area contributed by atoms with Crippen molar-refractivity contribution in [2.75, 3.05) is 12.3 Å². The Labute approximate surface area is 180 Å². The molecule has 6 nitrogen and oxygen atoms in total. The number of nitrogens with one attached hydrogen (secondary N) is 1. The van der Waals surface area contributed by atoms with Crippen molar-refractivity contribution in [1.29, 1.82) is 5.26 Å². The van der Waals surface area contributed by atoms with Crippen LogP contribution >= 0.6 is 11.3 Å². The molecule has 9 heteroatoms. The molecule has 31 heavy (non-hydrogen) atoms. The number of aryl methyl sites for hydroxylation is 1. The van der Waals surface area contributed by atoms with Crippen LogP contribution in [0.2, 0.25) is 0 Å². The first-order valence-electron chi connectivity index (χ1n) is 9.47. The molecule has 0 fully saturated rings. The Bertz CT molecular complexity index is 1300. The first-order chi connectivity index (χ1) is 15.0. The third kappa shape index (κ3) is 4.25. The molecule has 0 saturated heterocycles. The average molecular weight is 437 g/mol. The van der Waals surface area contributed by atoms with E-state index < -0.39 is 0 Å². The van der Waals surface area contributed by atoms with E-state index >= 15 is 0 Å². The summed E-state index contributed by atoms with van der Waals surface area (Å²) in [6, 6.07) is 13.8. The van der Waals surface area contributed by atoms with Gasteiger partial charge in [0.15, 0.2) is 0 Å². The van der Waals surface area contributed by atoms with Crippen LogP contribution in [-0.2, 0) is 6.42 Å². The number of rotatable bonds is 6. The van der Waals surface area contributed by atoms with Gasteiger partial charge in [0, 0.05) is 11.2 Å². The summed E-state index contributed by atoms with van der Waals surface area (Å²) in [7, 11) is 0. The van der Waals surface area contributed by atoms with Gasteiger partial charge in [-0.25, -0.2) is 13.5 Å². The highest BCUT2D eigenvalue weighted by molar-refractivity contribution is 7.20. The van der Waals surface area contributed by atoms with Gasteiger partial charge in [0.25, 0.3) is 5.91 Å². The van der Waals surface area contributed by atoms with Gasteiger partial charge in [0.05, 0.1) is 16.3 Å². The smallest absolute Gasteiger partial charge is 0.261 e. The number of aromatic nitrogens is 2. The molecule has 0 radical (unpaired) electrons. The molecule has 0 unspecified atom stereocenters. The fraction of sp³-hybridized carbons (Fsp3) is 0.136. The fourth-order valence-electron chi connectivity index (χ4n) is 3.23. The van der Waals surface area contributed by atoms with E-state index in [2.05, 4.69) is 16.5 Å². The molecule has 156 valence electrons. The number of halogens is 2. The van der Waals surface area contributed by atoms with Gasteiger partial charge in [-0.2, -0.15) is 10.4 Å². The minimum atomic E-state index is -0.380. The average Bonchev–Trinajstić information content (AvgIpc) is 3.32. The largest absolute Gasteiger partial charge is 0.382 e. The molecular weight excluding hydrogens is 420 g/mol. The lowest BCUT2D eigenvalue weighted by atomic mass is 10.1. The summed E-state index contributed by atoms with van der Waals surface area (Å²) in [5.41, 5.74) is 7.38. The molecule has 2 aromatic heterocycles. The van der Waals surface area contributed by atoms with Crippen molar-refractivity contribution >= 4 is 33.1 Å². The molecule has 2 heterocycles. The second-order valence-corrected chi connectivity index (χ2v) is 7.94. The van der Waals surface area contributed by atoms with Gasteiger partial charge < -0.3 is 11.1 Å². The molecular formula is C22H17F2N5OS. The van der Waals surface area contributed by atoms with Crippen molar-refractivity contribution in [3.63, 3.8) is 0 Å². The molecule has 3 N–H and O–H groups in total. The minimum absolute atomic E-state index is 0.186. The van der Waals surface area contributed by atoms with E-state index in [1.54, 1.807) is 12.1 Å². The number of carbonyl (C=O) groups excluding carboxylic acids is 1. The summed E-state index contributed by atoms with van der Waals surface area (Å²) in [6.07, 6.45) is 0.971. The van der Waals surface area contributed by atoms with Crippen LogP contribution in [0, 0.1) is 23.0 Å². The van der Waals surface area contributed by atoms with Gasteiger partial charge >= 0.3 is 0 Å². The molecule has 4 rings (SSSR count). The monoisotopic (exact) mass is 437 g/mol. The standard InChI is InChI=1S/C22H17F2N5OS/c23-14-3-6-16(7-4-14)29-21(26)17(12-25)18(28-29)2-1-9-27-22(30)20-11-13-10-15(24)5-8-19(13)31-20/h3-8,10-11H,1-2,9,26H2,(H,27,30). The Hall–Kier alpha value is -3.77. The van der Waals surface area contributed by atoms with Crippen LogP contribution in [0.5, 0.6) is 0 Å². The van der Waals surface area contributed by atoms with Crippen molar-refractivity contribution in [2.45, 2.75) is 12.8 Å². The number of carbonyl (C=O) groups is 1. The zero-order valence-corrected chi connectivity index (χ0v) is 17.0. The van der Waals surface area contributed by atoms with Crippen molar-refractivity contribution < 1.29 is 13.6 Å². The molecule has 0 aliphatic rings. The number of hydrogen-bond donors (Lipinski definition) is 2. The maximum atomic E-state index is 13.3. The summed E-state index contributed by atoms with van der Waals surface area (Å²) in [5.74, 6) is -0.774. The zero-order valence-electron chi connectivity index (χ0n) is 16.2. The number of benzene rings is 2. The van der Waals surface area contributed by atoms with Crippen LogP contribution in [0.15, 0.2) is 48.5 Å². The fourth-order valence-corrected chi connectivity index (χ4v) is 4.18. The van der Waals surface area contributed by atoms with Gasteiger partial charge in [-0.1, -0.05) is 0 Å². The summed E-state index contributed by atoms with van der Waals surface area (Å²) in [4.78, 5) is 12.9. The van der Waals surface area contributed by atoms with Crippen LogP contribution in [0.3, 0.4) is 0 Å². The zero-order chi connectivity index (χ0) is 22.0. The number of nitriles is 1. The maximum absolute atomic E-state index is 13.3. The Balaban J connectivity index is 1.40. The molecule has 0 spiro atoms. The Morgan fingerprint density at radius 1 is 1.16 bits per heavy atom. The predicted molar refractivity (Wildman–Crippen MR) is 115 cm³/mol.